The van der Waals surface area contributed by atoms with E-state index in [-0.39, 0.29) is 10.7 Å². The number of fused-ring (bicyclic) bond motifs is 1. The van der Waals surface area contributed by atoms with Crippen LogP contribution in [0.3, 0.4) is 0 Å². The second-order valence-corrected chi connectivity index (χ2v) is 9.81. The standard InChI is InChI=1S/C26H22N4O4S/c1-16-5-4-6-18(11-16)21-14-24(33-3)22(12-17(21)2)26-20-8-7-19(13-23(20)27-15-28-26)35(31,32)30-25-9-10-34-29-25/h4-15H,1-3H3,(H,29,30). The number of sulfonamides is 1. The van der Waals surface area contributed by atoms with Crippen molar-refractivity contribution in [2.45, 2.75) is 18.7 Å². The van der Waals surface area contributed by atoms with Gasteiger partial charge in [0.25, 0.3) is 10.0 Å². The molecule has 0 radical (unpaired) electrons. The third-order valence-electron chi connectivity index (χ3n) is 5.73. The molecule has 0 saturated heterocycles. The molecule has 5 aromatic rings. The molecule has 9 heteroatoms. The maximum Gasteiger partial charge on any atom is 0.263 e. The van der Waals surface area contributed by atoms with Crippen molar-refractivity contribution in [2.24, 2.45) is 0 Å². The van der Waals surface area contributed by atoms with Crippen LogP contribution >= 0.6 is 0 Å². The number of ether oxygens (including phenoxy) is 1. The van der Waals surface area contributed by atoms with Crippen molar-refractivity contribution in [3.63, 3.8) is 0 Å². The van der Waals surface area contributed by atoms with Gasteiger partial charge in [0.05, 0.1) is 23.2 Å². The molecule has 3 aromatic carbocycles. The Morgan fingerprint density at radius 1 is 0.943 bits per heavy atom. The maximum absolute atomic E-state index is 12.8. The summed E-state index contributed by atoms with van der Waals surface area (Å²) in [5, 5.41) is 4.30. The predicted octanol–water partition coefficient (Wildman–Crippen LogP) is 5.38. The van der Waals surface area contributed by atoms with Crippen molar-refractivity contribution in [2.75, 3.05) is 11.8 Å². The number of nitrogens with zero attached hydrogens (tertiary/aromatic N) is 3. The van der Waals surface area contributed by atoms with Crippen LogP contribution in [0.2, 0.25) is 0 Å². The second kappa shape index (κ2) is 8.84. The Labute approximate surface area is 202 Å². The highest BCUT2D eigenvalue weighted by atomic mass is 32.2. The van der Waals surface area contributed by atoms with Crippen molar-refractivity contribution >= 4 is 26.7 Å². The van der Waals surface area contributed by atoms with Gasteiger partial charge in [0.1, 0.15) is 18.3 Å². The molecule has 0 amide bonds. The van der Waals surface area contributed by atoms with E-state index in [4.69, 9.17) is 9.26 Å². The molecule has 176 valence electrons. The van der Waals surface area contributed by atoms with Gasteiger partial charge in [-0.05, 0) is 60.9 Å². The zero-order valence-electron chi connectivity index (χ0n) is 19.3. The Morgan fingerprint density at radius 3 is 2.54 bits per heavy atom. The third-order valence-corrected chi connectivity index (χ3v) is 7.08. The monoisotopic (exact) mass is 486 g/mol. The molecule has 0 spiro atoms. The molecule has 0 aliphatic heterocycles. The van der Waals surface area contributed by atoms with Crippen molar-refractivity contribution in [3.8, 4) is 28.1 Å². The first-order valence-corrected chi connectivity index (χ1v) is 12.3. The molecule has 35 heavy (non-hydrogen) atoms. The minimum atomic E-state index is -3.87. The predicted molar refractivity (Wildman–Crippen MR) is 134 cm³/mol. The first kappa shape index (κ1) is 22.5. The first-order valence-electron chi connectivity index (χ1n) is 10.8. The number of anilines is 1. The van der Waals surface area contributed by atoms with Gasteiger partial charge < -0.3 is 9.26 Å². The van der Waals surface area contributed by atoms with E-state index in [0.29, 0.717) is 22.3 Å². The van der Waals surface area contributed by atoms with Crippen LogP contribution in [0.1, 0.15) is 11.1 Å². The van der Waals surface area contributed by atoms with Crippen LogP contribution in [0.25, 0.3) is 33.3 Å². The minimum Gasteiger partial charge on any atom is -0.496 e. The van der Waals surface area contributed by atoms with E-state index in [0.717, 1.165) is 22.3 Å². The van der Waals surface area contributed by atoms with Crippen LogP contribution in [0.15, 0.2) is 82.7 Å². The molecule has 0 fully saturated rings. The highest BCUT2D eigenvalue weighted by molar-refractivity contribution is 7.92. The molecular formula is C26H22N4O4S. The van der Waals surface area contributed by atoms with E-state index in [1.54, 1.807) is 13.2 Å². The number of aromatic nitrogens is 3. The van der Waals surface area contributed by atoms with Gasteiger partial charge in [-0.3, -0.25) is 4.72 Å². The Balaban J connectivity index is 1.60. The summed E-state index contributed by atoms with van der Waals surface area (Å²) in [5.74, 6) is 0.763. The number of methoxy groups -OCH3 is 1. The summed E-state index contributed by atoms with van der Waals surface area (Å²) in [6.45, 7) is 4.11. The van der Waals surface area contributed by atoms with Crippen molar-refractivity contribution < 1.29 is 17.7 Å². The van der Waals surface area contributed by atoms with Gasteiger partial charge in [-0.2, -0.15) is 0 Å². The zero-order valence-corrected chi connectivity index (χ0v) is 20.1. The van der Waals surface area contributed by atoms with Gasteiger partial charge in [-0.1, -0.05) is 35.0 Å². The van der Waals surface area contributed by atoms with Crippen LogP contribution in [0.4, 0.5) is 5.82 Å². The van der Waals surface area contributed by atoms with E-state index in [2.05, 4.69) is 45.0 Å². The van der Waals surface area contributed by atoms with Gasteiger partial charge in [0.2, 0.25) is 0 Å². The molecule has 0 saturated carbocycles. The van der Waals surface area contributed by atoms with E-state index in [1.807, 2.05) is 25.1 Å². The Kier molecular flexibility index (Phi) is 5.70. The highest BCUT2D eigenvalue weighted by Gasteiger charge is 2.19. The average molecular weight is 487 g/mol. The van der Waals surface area contributed by atoms with Crippen LogP contribution in [-0.4, -0.2) is 30.7 Å². The molecule has 2 aromatic heterocycles. The summed E-state index contributed by atoms with van der Waals surface area (Å²) in [4.78, 5) is 8.88. The van der Waals surface area contributed by atoms with E-state index < -0.39 is 10.0 Å². The van der Waals surface area contributed by atoms with Gasteiger partial charge >= 0.3 is 0 Å². The van der Waals surface area contributed by atoms with Gasteiger partial charge in [-0.25, -0.2) is 18.4 Å². The molecule has 5 rings (SSSR count). The van der Waals surface area contributed by atoms with Gasteiger partial charge in [0, 0.05) is 17.0 Å². The summed E-state index contributed by atoms with van der Waals surface area (Å²) >= 11 is 0. The minimum absolute atomic E-state index is 0.0515. The molecule has 0 unspecified atom stereocenters. The van der Waals surface area contributed by atoms with Crippen molar-refractivity contribution in [1.82, 2.24) is 15.1 Å². The third kappa shape index (κ3) is 4.33. The molecule has 2 heterocycles. The van der Waals surface area contributed by atoms with Crippen molar-refractivity contribution in [3.05, 3.63) is 84.4 Å². The lowest BCUT2D eigenvalue weighted by Crippen LogP contribution is -2.13. The molecule has 8 nitrogen and oxygen atoms in total. The molecule has 0 atom stereocenters. The second-order valence-electron chi connectivity index (χ2n) is 8.13. The SMILES string of the molecule is COc1cc(-c2cccc(C)c2)c(C)cc1-c1ncnc2cc(S(=O)(=O)Nc3ccon3)ccc12. The molecule has 0 aliphatic carbocycles. The van der Waals surface area contributed by atoms with E-state index in [1.165, 1.54) is 36.4 Å². The fraction of sp³-hybridized carbons (Fsp3) is 0.115. The summed E-state index contributed by atoms with van der Waals surface area (Å²) in [7, 11) is -2.25. The van der Waals surface area contributed by atoms with Crippen molar-refractivity contribution in [1.29, 1.82) is 0 Å². The lowest BCUT2D eigenvalue weighted by Gasteiger charge is -2.15. The average Bonchev–Trinajstić information content (AvgIpc) is 3.35. The molecular weight excluding hydrogens is 464 g/mol. The smallest absolute Gasteiger partial charge is 0.263 e. The zero-order chi connectivity index (χ0) is 24.6. The number of rotatable bonds is 6. The summed E-state index contributed by atoms with van der Waals surface area (Å²) in [6.07, 6.45) is 2.71. The van der Waals surface area contributed by atoms with E-state index in [9.17, 15) is 8.42 Å². The Morgan fingerprint density at radius 2 is 1.80 bits per heavy atom. The molecule has 0 aliphatic rings. The largest absolute Gasteiger partial charge is 0.496 e. The number of aryl methyl sites for hydroxylation is 2. The fourth-order valence-corrected chi connectivity index (χ4v) is 5.06. The molecule has 0 bridgehead atoms. The number of benzene rings is 3. The van der Waals surface area contributed by atoms with Crippen LogP contribution < -0.4 is 9.46 Å². The Bertz CT molecular complexity index is 1650. The van der Waals surface area contributed by atoms with Gasteiger partial charge in [0.15, 0.2) is 5.82 Å². The van der Waals surface area contributed by atoms with Gasteiger partial charge in [-0.15, -0.1) is 0 Å². The topological polar surface area (TPSA) is 107 Å². The summed E-state index contributed by atoms with van der Waals surface area (Å²) in [5.41, 5.74) is 6.35. The fourth-order valence-electron chi connectivity index (χ4n) is 4.05. The normalized spacial score (nSPS) is 11.5. The van der Waals surface area contributed by atoms with E-state index >= 15 is 0 Å². The summed E-state index contributed by atoms with van der Waals surface area (Å²) in [6, 6.07) is 18.5. The number of nitrogens with one attached hydrogen (secondary N) is 1. The molecule has 1 N–H and O–H groups in total. The number of hydrogen-bond acceptors (Lipinski definition) is 7. The first-order chi connectivity index (χ1) is 16.9. The summed E-state index contributed by atoms with van der Waals surface area (Å²) < 4.78 is 38.4. The quantitative estimate of drug-likeness (QED) is 0.343. The lowest BCUT2D eigenvalue weighted by molar-refractivity contribution is 0.416. The highest BCUT2D eigenvalue weighted by Crippen LogP contribution is 2.38. The van der Waals surface area contributed by atoms with Crippen LogP contribution in [0.5, 0.6) is 5.75 Å². The maximum atomic E-state index is 12.8. The van der Waals surface area contributed by atoms with Crippen LogP contribution in [0, 0.1) is 13.8 Å². The lowest BCUT2D eigenvalue weighted by atomic mass is 9.94. The van der Waals surface area contributed by atoms with Crippen LogP contribution in [-0.2, 0) is 10.0 Å². The Hall–Kier alpha value is -4.24. The number of hydrogen-bond donors (Lipinski definition) is 1.